The summed E-state index contributed by atoms with van der Waals surface area (Å²) in [5.41, 5.74) is 8.18. The SMILES string of the molecule is CCN(CC)CCNC(=O)c1cccc(NC(=O)c2ccc(CN)cc2)c1. The van der Waals surface area contributed by atoms with Crippen LogP contribution in [0.3, 0.4) is 0 Å². The van der Waals surface area contributed by atoms with Crippen molar-refractivity contribution < 1.29 is 9.59 Å². The molecule has 0 saturated carbocycles. The molecule has 0 atom stereocenters. The molecule has 2 rings (SSSR count). The number of nitrogens with zero attached hydrogens (tertiary/aromatic N) is 1. The molecule has 2 amide bonds. The number of benzene rings is 2. The average Bonchev–Trinajstić information content (AvgIpc) is 2.71. The number of hydrogen-bond donors (Lipinski definition) is 3. The Hall–Kier alpha value is -2.70. The van der Waals surface area contributed by atoms with Gasteiger partial charge < -0.3 is 21.3 Å². The van der Waals surface area contributed by atoms with E-state index in [4.69, 9.17) is 5.73 Å². The minimum Gasteiger partial charge on any atom is -0.351 e. The van der Waals surface area contributed by atoms with E-state index < -0.39 is 0 Å². The number of amides is 2. The fraction of sp³-hybridized carbons (Fsp3) is 0.333. The highest BCUT2D eigenvalue weighted by molar-refractivity contribution is 6.05. The van der Waals surface area contributed by atoms with Gasteiger partial charge in [-0.1, -0.05) is 32.0 Å². The Labute approximate surface area is 160 Å². The third kappa shape index (κ3) is 6.20. The Morgan fingerprint density at radius 1 is 0.963 bits per heavy atom. The quantitative estimate of drug-likeness (QED) is 0.634. The molecule has 27 heavy (non-hydrogen) atoms. The van der Waals surface area contributed by atoms with Crippen molar-refractivity contribution in [3.63, 3.8) is 0 Å². The van der Waals surface area contributed by atoms with E-state index in [-0.39, 0.29) is 11.8 Å². The molecule has 0 spiro atoms. The Balaban J connectivity index is 1.95. The maximum absolute atomic E-state index is 12.4. The van der Waals surface area contributed by atoms with Crippen LogP contribution in [0.5, 0.6) is 0 Å². The molecule has 0 heterocycles. The Morgan fingerprint density at radius 2 is 1.67 bits per heavy atom. The van der Waals surface area contributed by atoms with Crippen LogP contribution in [0.15, 0.2) is 48.5 Å². The zero-order valence-corrected chi connectivity index (χ0v) is 16.0. The van der Waals surface area contributed by atoms with Crippen LogP contribution in [-0.4, -0.2) is 42.9 Å². The molecular formula is C21H28N4O2. The highest BCUT2D eigenvalue weighted by Crippen LogP contribution is 2.13. The normalized spacial score (nSPS) is 10.7. The van der Waals surface area contributed by atoms with Gasteiger partial charge in [0, 0.05) is 36.4 Å². The lowest BCUT2D eigenvalue weighted by Crippen LogP contribution is -2.34. The summed E-state index contributed by atoms with van der Waals surface area (Å²) >= 11 is 0. The molecule has 6 heteroatoms. The second-order valence-electron chi connectivity index (χ2n) is 6.22. The summed E-state index contributed by atoms with van der Waals surface area (Å²) in [6.07, 6.45) is 0. The van der Waals surface area contributed by atoms with Crippen molar-refractivity contribution in [3.05, 3.63) is 65.2 Å². The van der Waals surface area contributed by atoms with E-state index >= 15 is 0 Å². The number of carbonyl (C=O) groups is 2. The molecule has 6 nitrogen and oxygen atoms in total. The summed E-state index contributed by atoms with van der Waals surface area (Å²) in [6.45, 7) is 7.95. The van der Waals surface area contributed by atoms with Gasteiger partial charge in [-0.25, -0.2) is 0 Å². The van der Waals surface area contributed by atoms with E-state index in [0.29, 0.717) is 29.9 Å². The van der Waals surface area contributed by atoms with Gasteiger partial charge in [0.15, 0.2) is 0 Å². The molecule has 0 unspecified atom stereocenters. The molecule has 0 aliphatic rings. The van der Waals surface area contributed by atoms with E-state index in [2.05, 4.69) is 29.4 Å². The smallest absolute Gasteiger partial charge is 0.255 e. The first-order valence-corrected chi connectivity index (χ1v) is 9.28. The van der Waals surface area contributed by atoms with Crippen molar-refractivity contribution in [2.75, 3.05) is 31.5 Å². The first-order valence-electron chi connectivity index (χ1n) is 9.28. The molecular weight excluding hydrogens is 340 g/mol. The monoisotopic (exact) mass is 368 g/mol. The Bertz CT molecular complexity index is 755. The topological polar surface area (TPSA) is 87.5 Å². The minimum absolute atomic E-state index is 0.148. The molecule has 0 saturated heterocycles. The lowest BCUT2D eigenvalue weighted by molar-refractivity contribution is 0.0947. The first-order chi connectivity index (χ1) is 13.1. The van der Waals surface area contributed by atoms with E-state index in [1.54, 1.807) is 36.4 Å². The minimum atomic E-state index is -0.224. The summed E-state index contributed by atoms with van der Waals surface area (Å²) in [5, 5.41) is 5.74. The van der Waals surface area contributed by atoms with Crippen molar-refractivity contribution in [1.82, 2.24) is 10.2 Å². The fourth-order valence-electron chi connectivity index (χ4n) is 2.70. The first kappa shape index (κ1) is 20.6. The van der Waals surface area contributed by atoms with Crippen molar-refractivity contribution >= 4 is 17.5 Å². The molecule has 144 valence electrons. The zero-order valence-electron chi connectivity index (χ0n) is 16.0. The van der Waals surface area contributed by atoms with Crippen molar-refractivity contribution in [2.24, 2.45) is 5.73 Å². The van der Waals surface area contributed by atoms with Gasteiger partial charge in [-0.2, -0.15) is 0 Å². The van der Waals surface area contributed by atoms with Crippen LogP contribution in [0.1, 0.15) is 40.1 Å². The number of likely N-dealkylation sites (N-methyl/N-ethyl adjacent to an activating group) is 1. The van der Waals surface area contributed by atoms with Crippen molar-refractivity contribution in [2.45, 2.75) is 20.4 Å². The molecule has 0 fully saturated rings. The summed E-state index contributed by atoms with van der Waals surface area (Å²) in [6, 6.07) is 14.1. The predicted molar refractivity (Wildman–Crippen MR) is 109 cm³/mol. The van der Waals surface area contributed by atoms with E-state index in [1.807, 2.05) is 12.1 Å². The van der Waals surface area contributed by atoms with Crippen molar-refractivity contribution in [3.8, 4) is 0 Å². The average molecular weight is 368 g/mol. The molecule has 0 aliphatic heterocycles. The second kappa shape index (κ2) is 10.4. The molecule has 0 radical (unpaired) electrons. The Kier molecular flexibility index (Phi) is 7.98. The van der Waals surface area contributed by atoms with Crippen LogP contribution in [0.4, 0.5) is 5.69 Å². The standard InChI is InChI=1S/C21H28N4O2/c1-3-25(4-2)13-12-23-20(26)18-6-5-7-19(14-18)24-21(27)17-10-8-16(15-22)9-11-17/h5-11,14H,3-4,12-13,15,22H2,1-2H3,(H,23,26)(H,24,27). The number of hydrogen-bond acceptors (Lipinski definition) is 4. The second-order valence-corrected chi connectivity index (χ2v) is 6.22. The van der Waals surface area contributed by atoms with Crippen LogP contribution in [0.2, 0.25) is 0 Å². The van der Waals surface area contributed by atoms with Crippen molar-refractivity contribution in [1.29, 1.82) is 0 Å². The summed E-state index contributed by atoms with van der Waals surface area (Å²) in [5.74, 6) is -0.372. The van der Waals surface area contributed by atoms with E-state index in [0.717, 1.165) is 25.2 Å². The molecule has 0 aromatic heterocycles. The highest BCUT2D eigenvalue weighted by Gasteiger charge is 2.10. The predicted octanol–water partition coefficient (Wildman–Crippen LogP) is 2.47. The zero-order chi connectivity index (χ0) is 19.6. The van der Waals surface area contributed by atoms with E-state index in [9.17, 15) is 9.59 Å². The maximum atomic E-state index is 12.4. The summed E-state index contributed by atoms with van der Waals surface area (Å²) < 4.78 is 0. The van der Waals surface area contributed by atoms with Crippen LogP contribution in [-0.2, 0) is 6.54 Å². The van der Waals surface area contributed by atoms with Gasteiger partial charge in [0.1, 0.15) is 0 Å². The number of anilines is 1. The molecule has 0 aliphatic carbocycles. The fourth-order valence-corrected chi connectivity index (χ4v) is 2.70. The van der Waals surface area contributed by atoms with E-state index in [1.165, 1.54) is 0 Å². The van der Waals surface area contributed by atoms with Gasteiger partial charge in [-0.3, -0.25) is 9.59 Å². The van der Waals surface area contributed by atoms with Gasteiger partial charge in [0.25, 0.3) is 11.8 Å². The molecule has 2 aromatic rings. The van der Waals surface area contributed by atoms with Gasteiger partial charge in [0.2, 0.25) is 0 Å². The summed E-state index contributed by atoms with van der Waals surface area (Å²) in [4.78, 5) is 26.9. The largest absolute Gasteiger partial charge is 0.351 e. The summed E-state index contributed by atoms with van der Waals surface area (Å²) in [7, 11) is 0. The van der Waals surface area contributed by atoms with Crippen LogP contribution in [0, 0.1) is 0 Å². The molecule has 4 N–H and O–H groups in total. The van der Waals surface area contributed by atoms with Crippen LogP contribution >= 0.6 is 0 Å². The number of nitrogens with one attached hydrogen (secondary N) is 2. The van der Waals surface area contributed by atoms with Gasteiger partial charge in [-0.05, 0) is 49.0 Å². The molecule has 0 bridgehead atoms. The Morgan fingerprint density at radius 3 is 2.30 bits per heavy atom. The number of nitrogens with two attached hydrogens (primary N) is 1. The third-order valence-corrected chi connectivity index (χ3v) is 4.44. The van der Waals surface area contributed by atoms with Gasteiger partial charge in [-0.15, -0.1) is 0 Å². The lowest BCUT2D eigenvalue weighted by Gasteiger charge is -2.18. The van der Waals surface area contributed by atoms with Gasteiger partial charge in [0.05, 0.1) is 0 Å². The lowest BCUT2D eigenvalue weighted by atomic mass is 10.1. The number of rotatable bonds is 9. The maximum Gasteiger partial charge on any atom is 0.255 e. The third-order valence-electron chi connectivity index (χ3n) is 4.44. The molecule has 2 aromatic carbocycles. The van der Waals surface area contributed by atoms with Crippen LogP contribution in [0.25, 0.3) is 0 Å². The number of carbonyl (C=O) groups excluding carboxylic acids is 2. The van der Waals surface area contributed by atoms with Gasteiger partial charge >= 0.3 is 0 Å². The highest BCUT2D eigenvalue weighted by atomic mass is 16.2. The van der Waals surface area contributed by atoms with Crippen LogP contribution < -0.4 is 16.4 Å².